The molecule has 19 heavy (non-hydrogen) atoms. The molecule has 1 aromatic heterocycles. The van der Waals surface area contributed by atoms with Gasteiger partial charge in [-0.2, -0.15) is 4.31 Å². The van der Waals surface area contributed by atoms with Crippen LogP contribution in [0.25, 0.3) is 0 Å². The molecular formula is C13H20N2O3S. The van der Waals surface area contributed by atoms with Crippen molar-refractivity contribution in [2.75, 3.05) is 19.6 Å². The van der Waals surface area contributed by atoms with Crippen molar-refractivity contribution in [1.29, 1.82) is 0 Å². The van der Waals surface area contributed by atoms with Gasteiger partial charge in [0.1, 0.15) is 16.4 Å². The third-order valence-corrected chi connectivity index (χ3v) is 5.08. The molecule has 0 unspecified atom stereocenters. The minimum absolute atomic E-state index is 0.288. The standard InChI is InChI=1S/C13H20N2O3S/c1-3-14-10-12-9-13(11(2)18-12)19(16,17)15-7-5-4-6-8-15/h4-5,9,14H,3,6-8,10H2,1-2H3. The molecule has 5 nitrogen and oxygen atoms in total. The molecule has 1 aromatic rings. The Kier molecular flexibility index (Phi) is 4.44. The number of sulfonamides is 1. The zero-order valence-corrected chi connectivity index (χ0v) is 12.2. The van der Waals surface area contributed by atoms with Gasteiger partial charge in [0.25, 0.3) is 0 Å². The predicted octanol–water partition coefficient (Wildman–Crippen LogP) is 1.65. The maximum absolute atomic E-state index is 12.5. The molecule has 0 spiro atoms. The van der Waals surface area contributed by atoms with Gasteiger partial charge in [-0.25, -0.2) is 8.42 Å². The lowest BCUT2D eigenvalue weighted by molar-refractivity contribution is 0.431. The van der Waals surface area contributed by atoms with E-state index >= 15 is 0 Å². The molecule has 0 aliphatic carbocycles. The van der Waals surface area contributed by atoms with E-state index in [-0.39, 0.29) is 4.90 Å². The number of hydrogen-bond acceptors (Lipinski definition) is 4. The zero-order valence-electron chi connectivity index (χ0n) is 11.3. The summed E-state index contributed by atoms with van der Waals surface area (Å²) in [6.07, 6.45) is 4.65. The SMILES string of the molecule is CCNCc1cc(S(=O)(=O)N2CC=CCC2)c(C)o1. The summed E-state index contributed by atoms with van der Waals surface area (Å²) in [4.78, 5) is 0.288. The summed E-state index contributed by atoms with van der Waals surface area (Å²) in [7, 11) is -3.44. The van der Waals surface area contributed by atoms with Crippen LogP contribution in [-0.4, -0.2) is 32.4 Å². The number of nitrogens with one attached hydrogen (secondary N) is 1. The van der Waals surface area contributed by atoms with E-state index < -0.39 is 10.0 Å². The molecule has 0 atom stereocenters. The molecule has 2 rings (SSSR count). The smallest absolute Gasteiger partial charge is 0.246 e. The molecule has 0 saturated heterocycles. The van der Waals surface area contributed by atoms with E-state index in [1.54, 1.807) is 13.0 Å². The predicted molar refractivity (Wildman–Crippen MR) is 73.3 cm³/mol. The van der Waals surface area contributed by atoms with E-state index in [1.165, 1.54) is 4.31 Å². The molecule has 6 heteroatoms. The van der Waals surface area contributed by atoms with Crippen molar-refractivity contribution < 1.29 is 12.8 Å². The van der Waals surface area contributed by atoms with Gasteiger partial charge in [-0.1, -0.05) is 19.1 Å². The van der Waals surface area contributed by atoms with Crippen LogP contribution >= 0.6 is 0 Å². The molecule has 0 radical (unpaired) electrons. The van der Waals surface area contributed by atoms with E-state index in [1.807, 2.05) is 19.1 Å². The van der Waals surface area contributed by atoms with Crippen LogP contribution in [0.4, 0.5) is 0 Å². The van der Waals surface area contributed by atoms with Gasteiger partial charge in [-0.15, -0.1) is 0 Å². The fourth-order valence-electron chi connectivity index (χ4n) is 2.09. The van der Waals surface area contributed by atoms with Crippen molar-refractivity contribution in [2.24, 2.45) is 0 Å². The van der Waals surface area contributed by atoms with Crippen LogP contribution in [0.5, 0.6) is 0 Å². The van der Waals surface area contributed by atoms with Gasteiger partial charge in [0, 0.05) is 19.2 Å². The fraction of sp³-hybridized carbons (Fsp3) is 0.538. The second-order valence-electron chi connectivity index (χ2n) is 4.54. The average molecular weight is 284 g/mol. The first kappa shape index (κ1) is 14.3. The monoisotopic (exact) mass is 284 g/mol. The van der Waals surface area contributed by atoms with Gasteiger partial charge >= 0.3 is 0 Å². The molecule has 0 amide bonds. The lowest BCUT2D eigenvalue weighted by Crippen LogP contribution is -2.33. The minimum atomic E-state index is -3.44. The summed E-state index contributed by atoms with van der Waals surface area (Å²) < 4.78 is 32.0. The summed E-state index contributed by atoms with van der Waals surface area (Å²) in [5.41, 5.74) is 0. The fourth-order valence-corrected chi connectivity index (χ4v) is 3.68. The maximum atomic E-state index is 12.5. The molecular weight excluding hydrogens is 264 g/mol. The van der Waals surface area contributed by atoms with E-state index in [2.05, 4.69) is 5.32 Å². The first-order valence-electron chi connectivity index (χ1n) is 6.51. The number of rotatable bonds is 5. The molecule has 1 aliphatic rings. The van der Waals surface area contributed by atoms with Crippen LogP contribution in [-0.2, 0) is 16.6 Å². The Labute approximate surface area is 114 Å². The van der Waals surface area contributed by atoms with Gasteiger partial charge < -0.3 is 9.73 Å². The topological polar surface area (TPSA) is 62.6 Å². The summed E-state index contributed by atoms with van der Waals surface area (Å²) in [6.45, 7) is 6.03. The van der Waals surface area contributed by atoms with Crippen molar-refractivity contribution in [2.45, 2.75) is 31.7 Å². The average Bonchev–Trinajstić information content (AvgIpc) is 2.79. The zero-order chi connectivity index (χ0) is 13.9. The van der Waals surface area contributed by atoms with Crippen molar-refractivity contribution in [3.05, 3.63) is 29.7 Å². The van der Waals surface area contributed by atoms with Gasteiger partial charge in [-0.05, 0) is 19.9 Å². The summed E-state index contributed by atoms with van der Waals surface area (Å²) in [6, 6.07) is 1.63. The molecule has 0 saturated carbocycles. The number of furan rings is 1. The first-order valence-corrected chi connectivity index (χ1v) is 7.95. The van der Waals surface area contributed by atoms with Crippen molar-refractivity contribution in [3.8, 4) is 0 Å². The van der Waals surface area contributed by atoms with E-state index in [9.17, 15) is 8.42 Å². The summed E-state index contributed by atoms with van der Waals surface area (Å²) >= 11 is 0. The normalized spacial score (nSPS) is 16.9. The Bertz CT molecular complexity index is 560. The molecule has 1 N–H and O–H groups in total. The molecule has 2 heterocycles. The molecule has 0 fully saturated rings. The van der Waals surface area contributed by atoms with Crippen molar-refractivity contribution in [3.63, 3.8) is 0 Å². The third-order valence-electron chi connectivity index (χ3n) is 3.11. The Morgan fingerprint density at radius 1 is 1.42 bits per heavy atom. The van der Waals surface area contributed by atoms with Crippen LogP contribution in [0.2, 0.25) is 0 Å². The Balaban J connectivity index is 2.24. The van der Waals surface area contributed by atoms with Gasteiger partial charge in [0.05, 0.1) is 6.54 Å². The molecule has 1 aliphatic heterocycles. The van der Waals surface area contributed by atoms with Gasteiger partial charge in [0.15, 0.2) is 0 Å². The summed E-state index contributed by atoms with van der Waals surface area (Å²) in [5.74, 6) is 1.12. The van der Waals surface area contributed by atoms with Crippen LogP contribution in [0.1, 0.15) is 24.9 Å². The first-order chi connectivity index (χ1) is 9.05. The Morgan fingerprint density at radius 3 is 2.84 bits per heavy atom. The maximum Gasteiger partial charge on any atom is 0.246 e. The quantitative estimate of drug-likeness (QED) is 0.835. The number of nitrogens with zero attached hydrogens (tertiary/aromatic N) is 1. The third kappa shape index (κ3) is 3.08. The van der Waals surface area contributed by atoms with E-state index in [0.29, 0.717) is 31.2 Å². The lowest BCUT2D eigenvalue weighted by Gasteiger charge is -2.22. The highest BCUT2D eigenvalue weighted by Gasteiger charge is 2.28. The number of hydrogen-bond donors (Lipinski definition) is 1. The van der Waals surface area contributed by atoms with Crippen LogP contribution in [0.15, 0.2) is 27.5 Å². The Hall–Kier alpha value is -1.11. The highest BCUT2D eigenvalue weighted by Crippen LogP contribution is 2.24. The van der Waals surface area contributed by atoms with Gasteiger partial charge in [-0.3, -0.25) is 0 Å². The van der Waals surface area contributed by atoms with Crippen LogP contribution in [0, 0.1) is 6.92 Å². The van der Waals surface area contributed by atoms with Gasteiger partial charge in [0.2, 0.25) is 10.0 Å². The second-order valence-corrected chi connectivity index (χ2v) is 6.44. The van der Waals surface area contributed by atoms with Crippen LogP contribution < -0.4 is 5.32 Å². The minimum Gasteiger partial charge on any atom is -0.464 e. The summed E-state index contributed by atoms with van der Waals surface area (Å²) in [5, 5.41) is 3.12. The lowest BCUT2D eigenvalue weighted by atomic mass is 10.3. The van der Waals surface area contributed by atoms with Crippen molar-refractivity contribution >= 4 is 10.0 Å². The molecule has 106 valence electrons. The Morgan fingerprint density at radius 2 is 2.21 bits per heavy atom. The number of aryl methyl sites for hydroxylation is 1. The highest BCUT2D eigenvalue weighted by molar-refractivity contribution is 7.89. The second kappa shape index (κ2) is 5.90. The van der Waals surface area contributed by atoms with Crippen LogP contribution in [0.3, 0.4) is 0 Å². The van der Waals surface area contributed by atoms with E-state index in [4.69, 9.17) is 4.42 Å². The van der Waals surface area contributed by atoms with Crippen molar-refractivity contribution in [1.82, 2.24) is 9.62 Å². The van der Waals surface area contributed by atoms with E-state index in [0.717, 1.165) is 13.0 Å². The largest absolute Gasteiger partial charge is 0.464 e. The molecule has 0 bridgehead atoms. The molecule has 0 aromatic carbocycles. The highest BCUT2D eigenvalue weighted by atomic mass is 32.2.